The molecule has 0 spiro atoms. The maximum Gasteiger partial charge on any atom is 0.262 e. The molecule has 1 aliphatic rings. The van der Waals surface area contributed by atoms with Crippen LogP contribution in [0.5, 0.6) is 0 Å². The Balaban J connectivity index is 1.88. The van der Waals surface area contributed by atoms with Crippen LogP contribution in [0.25, 0.3) is 0 Å². The summed E-state index contributed by atoms with van der Waals surface area (Å²) >= 11 is 0. The van der Waals surface area contributed by atoms with E-state index in [1.54, 1.807) is 26.2 Å². The lowest BCUT2D eigenvalue weighted by Gasteiger charge is -2.26. The molecule has 1 atom stereocenters. The van der Waals surface area contributed by atoms with E-state index >= 15 is 0 Å². The number of nitrogens with zero attached hydrogens (tertiary/aromatic N) is 3. The molecule has 3 rings (SSSR count). The first-order valence-electron chi connectivity index (χ1n) is 10.4. The molecule has 0 aliphatic carbocycles. The van der Waals surface area contributed by atoms with Crippen LogP contribution in [-0.4, -0.2) is 54.2 Å². The van der Waals surface area contributed by atoms with Crippen molar-refractivity contribution in [3.63, 3.8) is 0 Å². The molecule has 2 aromatic carbocycles. The van der Waals surface area contributed by atoms with Crippen molar-refractivity contribution in [2.75, 3.05) is 26.8 Å². The van der Waals surface area contributed by atoms with Gasteiger partial charge in [0.15, 0.2) is 0 Å². The van der Waals surface area contributed by atoms with Crippen molar-refractivity contribution in [2.24, 2.45) is 5.10 Å². The minimum Gasteiger partial charge on any atom is -0.383 e. The fourth-order valence-electron chi connectivity index (χ4n) is 3.56. The predicted octanol–water partition coefficient (Wildman–Crippen LogP) is 3.70. The molecule has 0 aromatic heterocycles. The second-order valence-electron chi connectivity index (χ2n) is 7.58. The first-order chi connectivity index (χ1) is 14.9. The van der Waals surface area contributed by atoms with Crippen LogP contribution >= 0.6 is 0 Å². The van der Waals surface area contributed by atoms with Gasteiger partial charge in [0.05, 0.1) is 18.4 Å². The summed E-state index contributed by atoms with van der Waals surface area (Å²) < 4.78 is 18.4. The monoisotopic (exact) mass is 425 g/mol. The average molecular weight is 426 g/mol. The van der Waals surface area contributed by atoms with Gasteiger partial charge in [0, 0.05) is 26.5 Å². The third kappa shape index (κ3) is 5.55. The zero-order valence-electron chi connectivity index (χ0n) is 18.2. The van der Waals surface area contributed by atoms with E-state index in [9.17, 15) is 14.0 Å². The Labute approximate surface area is 182 Å². The summed E-state index contributed by atoms with van der Waals surface area (Å²) in [5, 5.41) is 6.06. The molecule has 2 aromatic rings. The Bertz CT molecular complexity index is 942. The molecule has 1 aliphatic heterocycles. The number of hydrogen-bond donors (Lipinski definition) is 0. The molecule has 0 saturated carbocycles. The average Bonchev–Trinajstić information content (AvgIpc) is 3.22. The molecule has 0 fully saturated rings. The Hall–Kier alpha value is -3.06. The minimum atomic E-state index is -0.322. The summed E-state index contributed by atoms with van der Waals surface area (Å²) in [6.07, 6.45) is 0.822. The molecule has 164 valence electrons. The topological polar surface area (TPSA) is 62.2 Å². The molecule has 6 nitrogen and oxygen atoms in total. The minimum absolute atomic E-state index is 0.0708. The molecule has 2 amide bonds. The summed E-state index contributed by atoms with van der Waals surface area (Å²) in [6.45, 7) is 4.39. The first kappa shape index (κ1) is 22.6. The van der Waals surface area contributed by atoms with Crippen LogP contribution in [0.2, 0.25) is 0 Å². The molecule has 0 N–H and O–H groups in total. The summed E-state index contributed by atoms with van der Waals surface area (Å²) in [7, 11) is 1.56. The van der Waals surface area contributed by atoms with Crippen molar-refractivity contribution >= 4 is 17.5 Å². The van der Waals surface area contributed by atoms with Crippen LogP contribution in [0.1, 0.15) is 42.5 Å². The van der Waals surface area contributed by atoms with E-state index in [1.807, 2.05) is 31.2 Å². The highest BCUT2D eigenvalue weighted by atomic mass is 19.1. The van der Waals surface area contributed by atoms with Gasteiger partial charge in [-0.15, -0.1) is 0 Å². The first-order valence-corrected chi connectivity index (χ1v) is 10.4. The Morgan fingerprint density at radius 1 is 1.16 bits per heavy atom. The quantitative estimate of drug-likeness (QED) is 0.648. The van der Waals surface area contributed by atoms with Gasteiger partial charge >= 0.3 is 0 Å². The van der Waals surface area contributed by atoms with Crippen LogP contribution in [0, 0.1) is 12.7 Å². The van der Waals surface area contributed by atoms with Crippen molar-refractivity contribution in [1.29, 1.82) is 0 Å². The van der Waals surface area contributed by atoms with Gasteiger partial charge in [-0.3, -0.25) is 9.59 Å². The molecule has 0 bridgehead atoms. The molecule has 31 heavy (non-hydrogen) atoms. The zero-order chi connectivity index (χ0) is 22.4. The lowest BCUT2D eigenvalue weighted by atomic mass is 9.97. The maximum absolute atomic E-state index is 13.4. The third-order valence-corrected chi connectivity index (χ3v) is 5.35. The van der Waals surface area contributed by atoms with Crippen molar-refractivity contribution < 1.29 is 18.7 Å². The molecule has 7 heteroatoms. The van der Waals surface area contributed by atoms with Crippen LogP contribution in [0.3, 0.4) is 0 Å². The van der Waals surface area contributed by atoms with E-state index < -0.39 is 0 Å². The fraction of sp³-hybridized carbons (Fsp3) is 0.375. The predicted molar refractivity (Wildman–Crippen MR) is 117 cm³/mol. The fourth-order valence-corrected chi connectivity index (χ4v) is 3.56. The summed E-state index contributed by atoms with van der Waals surface area (Å²) in [5.74, 6) is -0.697. The molecule has 0 radical (unpaired) electrons. The Morgan fingerprint density at radius 3 is 2.45 bits per heavy atom. The maximum atomic E-state index is 13.4. The van der Waals surface area contributed by atoms with E-state index in [0.717, 1.165) is 16.7 Å². The van der Waals surface area contributed by atoms with Gasteiger partial charge in [-0.05, 0) is 30.2 Å². The number of benzene rings is 2. The summed E-state index contributed by atoms with van der Waals surface area (Å²) in [5.41, 5.74) is 3.57. The number of rotatable bonds is 8. The van der Waals surface area contributed by atoms with Crippen LogP contribution in [0.4, 0.5) is 4.39 Å². The van der Waals surface area contributed by atoms with Crippen LogP contribution < -0.4 is 0 Å². The lowest BCUT2D eigenvalue weighted by molar-refractivity contribution is -0.141. The van der Waals surface area contributed by atoms with Gasteiger partial charge in [0.25, 0.3) is 5.91 Å². The highest BCUT2D eigenvalue weighted by Crippen LogP contribution is 2.33. The number of amides is 2. The van der Waals surface area contributed by atoms with Crippen molar-refractivity contribution in [2.45, 2.75) is 32.7 Å². The van der Waals surface area contributed by atoms with E-state index in [4.69, 9.17) is 4.74 Å². The number of aryl methyl sites for hydroxylation is 1. The van der Waals surface area contributed by atoms with Crippen molar-refractivity contribution in [3.05, 3.63) is 71.0 Å². The van der Waals surface area contributed by atoms with Gasteiger partial charge in [0.2, 0.25) is 5.91 Å². The number of hydrazone groups is 1. The molecular weight excluding hydrogens is 397 g/mol. The van der Waals surface area contributed by atoms with E-state index in [-0.39, 0.29) is 30.2 Å². The molecule has 1 heterocycles. The smallest absolute Gasteiger partial charge is 0.262 e. The van der Waals surface area contributed by atoms with Crippen LogP contribution in [-0.2, 0) is 14.3 Å². The molecule has 0 saturated heterocycles. The SMILES string of the molecule is CCC(=O)N(CCOC)CC(=O)N1N=C(c2ccc(F)cc2)CC1c1ccc(C)cc1. The Morgan fingerprint density at radius 2 is 1.84 bits per heavy atom. The van der Waals surface area contributed by atoms with Gasteiger partial charge in [-0.1, -0.05) is 48.9 Å². The normalized spacial score (nSPS) is 15.7. The highest BCUT2D eigenvalue weighted by molar-refractivity contribution is 6.03. The second-order valence-corrected chi connectivity index (χ2v) is 7.58. The summed E-state index contributed by atoms with van der Waals surface area (Å²) in [4.78, 5) is 27.1. The second kappa shape index (κ2) is 10.3. The van der Waals surface area contributed by atoms with Crippen molar-refractivity contribution in [1.82, 2.24) is 9.91 Å². The van der Waals surface area contributed by atoms with Crippen LogP contribution in [0.15, 0.2) is 53.6 Å². The Kier molecular flexibility index (Phi) is 7.52. The highest BCUT2D eigenvalue weighted by Gasteiger charge is 2.34. The van der Waals surface area contributed by atoms with Gasteiger partial charge in [-0.2, -0.15) is 5.10 Å². The number of carbonyl (C=O) groups is 2. The van der Waals surface area contributed by atoms with Gasteiger partial charge in [-0.25, -0.2) is 9.40 Å². The van der Waals surface area contributed by atoms with E-state index in [0.29, 0.717) is 31.7 Å². The van der Waals surface area contributed by atoms with Gasteiger partial charge < -0.3 is 9.64 Å². The largest absolute Gasteiger partial charge is 0.383 e. The van der Waals surface area contributed by atoms with Crippen molar-refractivity contribution in [3.8, 4) is 0 Å². The third-order valence-electron chi connectivity index (χ3n) is 5.35. The number of carbonyl (C=O) groups excluding carboxylic acids is 2. The molecular formula is C24H28FN3O3. The standard InChI is InChI=1S/C24H28FN3O3/c1-4-23(29)27(13-14-31-3)16-24(30)28-22(19-7-5-17(2)6-8-19)15-21(26-28)18-9-11-20(25)12-10-18/h5-12,22H,4,13-16H2,1-3H3. The van der Waals surface area contributed by atoms with Gasteiger partial charge in [0.1, 0.15) is 12.4 Å². The zero-order valence-corrected chi connectivity index (χ0v) is 18.2. The van der Waals surface area contributed by atoms with E-state index in [1.165, 1.54) is 22.0 Å². The number of halogens is 1. The molecule has 1 unspecified atom stereocenters. The van der Waals surface area contributed by atoms with E-state index in [2.05, 4.69) is 5.10 Å². The summed E-state index contributed by atoms with van der Waals surface area (Å²) in [6, 6.07) is 13.8. The number of methoxy groups -OCH3 is 1. The lowest BCUT2D eigenvalue weighted by Crippen LogP contribution is -2.42. The number of hydrogen-bond acceptors (Lipinski definition) is 4. The number of ether oxygens (including phenoxy) is 1.